The van der Waals surface area contributed by atoms with Crippen molar-refractivity contribution in [1.82, 2.24) is 20.2 Å². The number of nitrogens with zero attached hydrogens (tertiary/aromatic N) is 3. The van der Waals surface area contributed by atoms with Gasteiger partial charge >= 0.3 is 0 Å². The third-order valence-electron chi connectivity index (χ3n) is 3.05. The number of H-pyrrole nitrogens is 1. The summed E-state index contributed by atoms with van der Waals surface area (Å²) in [7, 11) is 0. The Morgan fingerprint density at radius 2 is 1.95 bits per heavy atom. The summed E-state index contributed by atoms with van der Waals surface area (Å²) < 4.78 is 0. The molecule has 0 bridgehead atoms. The van der Waals surface area contributed by atoms with Gasteiger partial charge in [0.2, 0.25) is 0 Å². The molecule has 2 heterocycles. The van der Waals surface area contributed by atoms with Crippen molar-refractivity contribution in [3.05, 3.63) is 74.3 Å². The number of nitrogens with one attached hydrogen (secondary N) is 1. The maximum Gasteiger partial charge on any atom is 0.273 e. The van der Waals surface area contributed by atoms with Gasteiger partial charge in [0.25, 0.3) is 5.56 Å². The Hall–Kier alpha value is -2.24. The van der Waals surface area contributed by atoms with E-state index in [-0.39, 0.29) is 17.7 Å². The molecular formula is C15H10Cl2N4O. The number of aromatic nitrogens is 4. The van der Waals surface area contributed by atoms with Crippen LogP contribution in [-0.4, -0.2) is 20.2 Å². The molecule has 110 valence electrons. The first kappa shape index (κ1) is 14.7. The molecule has 22 heavy (non-hydrogen) atoms. The van der Waals surface area contributed by atoms with Crippen LogP contribution >= 0.6 is 23.2 Å². The van der Waals surface area contributed by atoms with E-state index in [1.807, 2.05) is 6.07 Å². The first-order valence-corrected chi connectivity index (χ1v) is 7.20. The zero-order chi connectivity index (χ0) is 15.5. The monoisotopic (exact) mass is 332 g/mol. The Labute approximate surface area is 136 Å². The fraction of sp³-hybridized carbons (Fsp3) is 0.0667. The minimum Gasteiger partial charge on any atom is -0.302 e. The number of hydrogen-bond donors (Lipinski definition) is 1. The molecular weight excluding hydrogens is 323 g/mol. The molecule has 0 aliphatic carbocycles. The van der Waals surface area contributed by atoms with Crippen LogP contribution < -0.4 is 5.56 Å². The third kappa shape index (κ3) is 3.16. The summed E-state index contributed by atoms with van der Waals surface area (Å²) in [5, 5.41) is 9.03. The van der Waals surface area contributed by atoms with Crippen LogP contribution in [0.3, 0.4) is 0 Å². The highest BCUT2D eigenvalue weighted by Crippen LogP contribution is 2.22. The second-order valence-corrected chi connectivity index (χ2v) is 5.42. The van der Waals surface area contributed by atoms with Crippen molar-refractivity contribution in [2.24, 2.45) is 0 Å². The molecule has 0 saturated heterocycles. The standard InChI is InChI=1S/C15H10Cl2N4O/c16-10-5-4-9(11(17)8-10)7-13-15(22)19-14(21-20-13)12-3-1-2-6-18-12/h1-6,8H,7H2,(H,19,21,22). The highest BCUT2D eigenvalue weighted by atomic mass is 35.5. The lowest BCUT2D eigenvalue weighted by atomic mass is 10.1. The van der Waals surface area contributed by atoms with E-state index in [2.05, 4.69) is 20.2 Å². The minimum atomic E-state index is -0.318. The summed E-state index contributed by atoms with van der Waals surface area (Å²) in [5.74, 6) is 0.330. The molecule has 7 heteroatoms. The fourth-order valence-electron chi connectivity index (χ4n) is 1.94. The minimum absolute atomic E-state index is 0.279. The SMILES string of the molecule is O=c1[nH]c(-c2ccccn2)nnc1Cc1ccc(Cl)cc1Cl. The number of rotatable bonds is 3. The largest absolute Gasteiger partial charge is 0.302 e. The Kier molecular flexibility index (Phi) is 4.18. The molecule has 3 aromatic rings. The van der Waals surface area contributed by atoms with E-state index in [9.17, 15) is 4.79 Å². The Balaban J connectivity index is 1.91. The summed E-state index contributed by atoms with van der Waals surface area (Å²) in [6.07, 6.45) is 1.90. The Morgan fingerprint density at radius 3 is 2.64 bits per heavy atom. The van der Waals surface area contributed by atoms with Crippen molar-refractivity contribution in [3.63, 3.8) is 0 Å². The van der Waals surface area contributed by atoms with Gasteiger partial charge in [0, 0.05) is 22.7 Å². The summed E-state index contributed by atoms with van der Waals surface area (Å²) in [5.41, 5.74) is 1.28. The first-order chi connectivity index (χ1) is 10.6. The predicted molar refractivity (Wildman–Crippen MR) is 85.2 cm³/mol. The van der Waals surface area contributed by atoms with Crippen LogP contribution in [0.2, 0.25) is 10.0 Å². The molecule has 0 aliphatic heterocycles. The first-order valence-electron chi connectivity index (χ1n) is 6.44. The molecule has 3 rings (SSSR count). The molecule has 2 aromatic heterocycles. The molecule has 0 atom stereocenters. The number of hydrogen-bond acceptors (Lipinski definition) is 4. The number of aromatic amines is 1. The van der Waals surface area contributed by atoms with Crippen molar-refractivity contribution in [2.75, 3.05) is 0 Å². The van der Waals surface area contributed by atoms with Crippen molar-refractivity contribution in [3.8, 4) is 11.5 Å². The Bertz CT molecular complexity index is 865. The molecule has 0 amide bonds. The van der Waals surface area contributed by atoms with Gasteiger partial charge in [-0.15, -0.1) is 10.2 Å². The van der Waals surface area contributed by atoms with Crippen LogP contribution in [0.25, 0.3) is 11.5 Å². The normalized spacial score (nSPS) is 10.6. The quantitative estimate of drug-likeness (QED) is 0.799. The highest BCUT2D eigenvalue weighted by Gasteiger charge is 2.10. The van der Waals surface area contributed by atoms with E-state index < -0.39 is 0 Å². The van der Waals surface area contributed by atoms with Crippen LogP contribution in [0.5, 0.6) is 0 Å². The molecule has 0 unspecified atom stereocenters. The van der Waals surface area contributed by atoms with Gasteiger partial charge in [-0.1, -0.05) is 35.3 Å². The van der Waals surface area contributed by atoms with Gasteiger partial charge in [-0.05, 0) is 29.8 Å². The molecule has 5 nitrogen and oxygen atoms in total. The molecule has 1 aromatic carbocycles. The summed E-state index contributed by atoms with van der Waals surface area (Å²) in [6.45, 7) is 0. The molecule has 0 spiro atoms. The van der Waals surface area contributed by atoms with Crippen LogP contribution in [0.15, 0.2) is 47.4 Å². The molecule has 0 saturated carbocycles. The average Bonchev–Trinajstić information content (AvgIpc) is 2.52. The lowest BCUT2D eigenvalue weighted by Gasteiger charge is -2.04. The topological polar surface area (TPSA) is 71.5 Å². The lowest BCUT2D eigenvalue weighted by molar-refractivity contribution is 0.869. The van der Waals surface area contributed by atoms with Gasteiger partial charge in [-0.2, -0.15) is 0 Å². The average molecular weight is 333 g/mol. The second kappa shape index (κ2) is 6.25. The van der Waals surface area contributed by atoms with Crippen LogP contribution in [-0.2, 0) is 6.42 Å². The summed E-state index contributed by atoms with van der Waals surface area (Å²) >= 11 is 12.0. The number of halogens is 2. The van der Waals surface area contributed by atoms with E-state index in [0.717, 1.165) is 5.56 Å². The predicted octanol–water partition coefficient (Wildman–Crippen LogP) is 3.12. The van der Waals surface area contributed by atoms with E-state index in [1.165, 1.54) is 0 Å². The molecule has 0 fully saturated rings. The smallest absolute Gasteiger partial charge is 0.273 e. The summed E-state index contributed by atoms with van der Waals surface area (Å²) in [6, 6.07) is 10.4. The van der Waals surface area contributed by atoms with Gasteiger partial charge < -0.3 is 4.98 Å². The third-order valence-corrected chi connectivity index (χ3v) is 3.63. The van der Waals surface area contributed by atoms with Crippen LogP contribution in [0, 0.1) is 0 Å². The second-order valence-electron chi connectivity index (χ2n) is 4.58. The van der Waals surface area contributed by atoms with E-state index in [0.29, 0.717) is 21.6 Å². The van der Waals surface area contributed by atoms with Gasteiger partial charge in [-0.25, -0.2) is 0 Å². The fourth-order valence-corrected chi connectivity index (χ4v) is 2.41. The highest BCUT2D eigenvalue weighted by molar-refractivity contribution is 6.35. The van der Waals surface area contributed by atoms with Crippen molar-refractivity contribution in [2.45, 2.75) is 6.42 Å². The lowest BCUT2D eigenvalue weighted by Crippen LogP contribution is -2.18. The van der Waals surface area contributed by atoms with Crippen molar-refractivity contribution < 1.29 is 0 Å². The van der Waals surface area contributed by atoms with Crippen LogP contribution in [0.4, 0.5) is 0 Å². The van der Waals surface area contributed by atoms with E-state index >= 15 is 0 Å². The van der Waals surface area contributed by atoms with E-state index in [4.69, 9.17) is 23.2 Å². The number of benzene rings is 1. The van der Waals surface area contributed by atoms with Crippen molar-refractivity contribution in [1.29, 1.82) is 0 Å². The maximum atomic E-state index is 12.1. The van der Waals surface area contributed by atoms with Gasteiger partial charge in [0.05, 0.1) is 0 Å². The maximum absolute atomic E-state index is 12.1. The zero-order valence-corrected chi connectivity index (χ0v) is 12.8. The van der Waals surface area contributed by atoms with Crippen LogP contribution in [0.1, 0.15) is 11.3 Å². The van der Waals surface area contributed by atoms with Gasteiger partial charge in [-0.3, -0.25) is 9.78 Å². The Morgan fingerprint density at radius 1 is 1.09 bits per heavy atom. The molecule has 1 N–H and O–H groups in total. The summed E-state index contributed by atoms with van der Waals surface area (Å²) in [4.78, 5) is 18.9. The molecule has 0 aliphatic rings. The zero-order valence-electron chi connectivity index (χ0n) is 11.3. The number of pyridine rings is 1. The van der Waals surface area contributed by atoms with Gasteiger partial charge in [0.1, 0.15) is 11.4 Å². The molecule has 0 radical (unpaired) electrons. The van der Waals surface area contributed by atoms with Crippen molar-refractivity contribution >= 4 is 23.2 Å². The van der Waals surface area contributed by atoms with E-state index in [1.54, 1.807) is 36.5 Å². The van der Waals surface area contributed by atoms with Gasteiger partial charge in [0.15, 0.2) is 5.82 Å².